The quantitative estimate of drug-likeness (QED) is 0.888. The number of nitrogens with one attached hydrogen (secondary N) is 2. The Kier molecular flexibility index (Phi) is 4.86. The van der Waals surface area contributed by atoms with Gasteiger partial charge in [0.2, 0.25) is 0 Å². The van der Waals surface area contributed by atoms with Crippen molar-refractivity contribution in [3.8, 4) is 0 Å². The molecule has 7 heteroatoms. The molecule has 110 valence electrons. The molecule has 1 aliphatic heterocycles. The number of amides is 2. The van der Waals surface area contributed by atoms with Gasteiger partial charge in [0.25, 0.3) is 0 Å². The Bertz CT molecular complexity index is 485. The van der Waals surface area contributed by atoms with Crippen LogP contribution in [0.15, 0.2) is 18.2 Å². The number of carbonyl (C=O) groups excluding carboxylic acids is 1. The number of hydrogen-bond donors (Lipinski definition) is 2. The predicted octanol–water partition coefficient (Wildman–Crippen LogP) is 1.89. The van der Waals surface area contributed by atoms with Gasteiger partial charge in [0.05, 0.1) is 24.9 Å². The van der Waals surface area contributed by atoms with Crippen LogP contribution in [0.3, 0.4) is 0 Å². The van der Waals surface area contributed by atoms with Gasteiger partial charge in [0.15, 0.2) is 0 Å². The molecular weight excluding hydrogens is 270 g/mol. The lowest BCUT2D eigenvalue weighted by molar-refractivity contribution is 0.0428. The zero-order valence-corrected chi connectivity index (χ0v) is 11.0. The van der Waals surface area contributed by atoms with Gasteiger partial charge < -0.3 is 20.1 Å². The molecule has 1 aromatic carbocycles. The molecule has 2 amide bonds. The van der Waals surface area contributed by atoms with Gasteiger partial charge in [-0.1, -0.05) is 0 Å². The first-order valence-corrected chi connectivity index (χ1v) is 6.32. The second kappa shape index (κ2) is 6.62. The van der Waals surface area contributed by atoms with Crippen molar-refractivity contribution >= 4 is 11.7 Å². The van der Waals surface area contributed by atoms with Crippen LogP contribution in [0.2, 0.25) is 0 Å². The summed E-state index contributed by atoms with van der Waals surface area (Å²) in [6.45, 7) is 3.11. The summed E-state index contributed by atoms with van der Waals surface area (Å²) in [5, 5.41) is 4.97. The van der Waals surface area contributed by atoms with Crippen molar-refractivity contribution < 1.29 is 23.0 Å². The summed E-state index contributed by atoms with van der Waals surface area (Å²) in [5.41, 5.74) is -0.0872. The van der Waals surface area contributed by atoms with Gasteiger partial charge in [0.1, 0.15) is 17.7 Å². The smallest absolute Gasteiger partial charge is 0.319 e. The highest BCUT2D eigenvalue weighted by atomic mass is 19.1. The van der Waals surface area contributed by atoms with E-state index in [2.05, 4.69) is 10.6 Å². The number of rotatable bonds is 4. The third-order valence-electron chi connectivity index (χ3n) is 2.90. The average molecular weight is 286 g/mol. The van der Waals surface area contributed by atoms with E-state index in [-0.39, 0.29) is 17.8 Å². The zero-order valence-electron chi connectivity index (χ0n) is 11.0. The predicted molar refractivity (Wildman–Crippen MR) is 68.5 cm³/mol. The minimum atomic E-state index is -0.829. The van der Waals surface area contributed by atoms with E-state index in [4.69, 9.17) is 9.47 Å². The minimum absolute atomic E-state index is 0.0872. The van der Waals surface area contributed by atoms with Gasteiger partial charge in [-0.2, -0.15) is 0 Å². The van der Waals surface area contributed by atoms with E-state index in [0.717, 1.165) is 12.1 Å². The number of benzene rings is 1. The maximum absolute atomic E-state index is 13.4. The first kappa shape index (κ1) is 14.7. The maximum Gasteiger partial charge on any atom is 0.319 e. The fraction of sp³-hybridized carbons (Fsp3) is 0.462. The molecule has 5 nitrogen and oxygen atoms in total. The summed E-state index contributed by atoms with van der Waals surface area (Å²) in [4.78, 5) is 11.8. The van der Waals surface area contributed by atoms with Crippen LogP contribution in [0.5, 0.6) is 0 Å². The van der Waals surface area contributed by atoms with Gasteiger partial charge >= 0.3 is 6.03 Å². The molecule has 1 saturated heterocycles. The lowest BCUT2D eigenvalue weighted by atomic mass is 10.2. The van der Waals surface area contributed by atoms with Gasteiger partial charge in [-0.3, -0.25) is 0 Å². The Morgan fingerprint density at radius 2 is 2.25 bits per heavy atom. The summed E-state index contributed by atoms with van der Waals surface area (Å²) >= 11 is 0. The molecule has 2 atom stereocenters. The minimum Gasteiger partial charge on any atom is -0.376 e. The van der Waals surface area contributed by atoms with Crippen molar-refractivity contribution in [1.29, 1.82) is 0 Å². The molecule has 1 aromatic rings. The SMILES string of the molecule is CCO[C@@H]1COC[C@H]1NC(=O)Nc1ccc(F)cc1F. The Labute approximate surface area is 115 Å². The molecule has 1 aliphatic rings. The van der Waals surface area contributed by atoms with Crippen molar-refractivity contribution in [2.45, 2.75) is 19.1 Å². The van der Waals surface area contributed by atoms with E-state index in [1.807, 2.05) is 6.92 Å². The first-order chi connectivity index (χ1) is 9.60. The highest BCUT2D eigenvalue weighted by Gasteiger charge is 2.30. The van der Waals surface area contributed by atoms with E-state index < -0.39 is 17.7 Å². The number of hydrogen-bond acceptors (Lipinski definition) is 3. The Morgan fingerprint density at radius 3 is 2.95 bits per heavy atom. The summed E-state index contributed by atoms with van der Waals surface area (Å²) in [5.74, 6) is -1.53. The number of anilines is 1. The second-order valence-corrected chi connectivity index (χ2v) is 4.36. The van der Waals surface area contributed by atoms with Crippen molar-refractivity contribution in [1.82, 2.24) is 5.32 Å². The van der Waals surface area contributed by atoms with E-state index in [1.165, 1.54) is 0 Å². The number of urea groups is 1. The molecule has 0 spiro atoms. The molecule has 2 N–H and O–H groups in total. The second-order valence-electron chi connectivity index (χ2n) is 4.36. The highest BCUT2D eigenvalue weighted by molar-refractivity contribution is 5.89. The summed E-state index contributed by atoms with van der Waals surface area (Å²) in [6.07, 6.45) is -0.219. The molecule has 0 saturated carbocycles. The number of halogens is 2. The molecule has 0 radical (unpaired) electrons. The molecule has 0 unspecified atom stereocenters. The standard InChI is InChI=1S/C13H16F2N2O3/c1-2-20-12-7-19-6-11(12)17-13(18)16-10-4-3-8(14)5-9(10)15/h3-5,11-12H,2,6-7H2,1H3,(H2,16,17,18)/t11-,12-/m1/s1. The lowest BCUT2D eigenvalue weighted by Crippen LogP contribution is -2.45. The molecule has 1 fully saturated rings. The third kappa shape index (κ3) is 3.64. The zero-order chi connectivity index (χ0) is 14.5. The van der Waals surface area contributed by atoms with Crippen LogP contribution in [0.4, 0.5) is 19.3 Å². The summed E-state index contributed by atoms with van der Waals surface area (Å²) < 4.78 is 36.8. The van der Waals surface area contributed by atoms with Gasteiger partial charge in [-0.15, -0.1) is 0 Å². The highest BCUT2D eigenvalue weighted by Crippen LogP contribution is 2.15. The monoisotopic (exact) mass is 286 g/mol. The molecule has 0 bridgehead atoms. The average Bonchev–Trinajstić information content (AvgIpc) is 2.81. The van der Waals surface area contributed by atoms with Crippen LogP contribution in [0, 0.1) is 11.6 Å². The first-order valence-electron chi connectivity index (χ1n) is 6.32. The van der Waals surface area contributed by atoms with Crippen LogP contribution in [-0.2, 0) is 9.47 Å². The van der Waals surface area contributed by atoms with Crippen molar-refractivity contribution in [3.63, 3.8) is 0 Å². The van der Waals surface area contributed by atoms with E-state index in [9.17, 15) is 13.6 Å². The summed E-state index contributed by atoms with van der Waals surface area (Å²) in [7, 11) is 0. The van der Waals surface area contributed by atoms with Crippen LogP contribution in [-0.4, -0.2) is 38.0 Å². The fourth-order valence-electron chi connectivity index (χ4n) is 1.97. The van der Waals surface area contributed by atoms with E-state index >= 15 is 0 Å². The van der Waals surface area contributed by atoms with Crippen molar-refractivity contribution in [2.75, 3.05) is 25.1 Å². The topological polar surface area (TPSA) is 59.6 Å². The molecule has 2 rings (SSSR count). The molecule has 20 heavy (non-hydrogen) atoms. The Morgan fingerprint density at radius 1 is 1.45 bits per heavy atom. The molecule has 0 aromatic heterocycles. The van der Waals surface area contributed by atoms with Crippen LogP contribution in [0.25, 0.3) is 0 Å². The third-order valence-corrected chi connectivity index (χ3v) is 2.90. The number of ether oxygens (including phenoxy) is 2. The van der Waals surface area contributed by atoms with E-state index in [1.54, 1.807) is 0 Å². The summed E-state index contributed by atoms with van der Waals surface area (Å²) in [6, 6.07) is 2.06. The fourth-order valence-corrected chi connectivity index (χ4v) is 1.97. The van der Waals surface area contributed by atoms with Crippen molar-refractivity contribution in [2.24, 2.45) is 0 Å². The molecular formula is C13H16F2N2O3. The van der Waals surface area contributed by atoms with Gasteiger partial charge in [-0.25, -0.2) is 13.6 Å². The van der Waals surface area contributed by atoms with Crippen LogP contribution >= 0.6 is 0 Å². The lowest BCUT2D eigenvalue weighted by Gasteiger charge is -2.19. The normalized spacial score (nSPS) is 21.8. The van der Waals surface area contributed by atoms with Gasteiger partial charge in [-0.05, 0) is 19.1 Å². The van der Waals surface area contributed by atoms with Gasteiger partial charge in [0, 0.05) is 12.7 Å². The molecule has 1 heterocycles. The maximum atomic E-state index is 13.4. The van der Waals surface area contributed by atoms with Crippen LogP contribution < -0.4 is 10.6 Å². The Balaban J connectivity index is 1.92. The van der Waals surface area contributed by atoms with Crippen LogP contribution in [0.1, 0.15) is 6.92 Å². The van der Waals surface area contributed by atoms with Crippen molar-refractivity contribution in [3.05, 3.63) is 29.8 Å². The Hall–Kier alpha value is -1.73. The number of carbonyl (C=O) groups is 1. The molecule has 0 aliphatic carbocycles. The largest absolute Gasteiger partial charge is 0.376 e. The van der Waals surface area contributed by atoms with E-state index in [0.29, 0.717) is 25.9 Å².